The Hall–Kier alpha value is -1.26. The van der Waals surface area contributed by atoms with E-state index in [2.05, 4.69) is 0 Å². The van der Waals surface area contributed by atoms with Crippen molar-refractivity contribution in [1.29, 1.82) is 0 Å². The van der Waals surface area contributed by atoms with Crippen LogP contribution in [-0.2, 0) is 17.6 Å². The molecule has 1 aromatic rings. The summed E-state index contributed by atoms with van der Waals surface area (Å²) in [4.78, 5) is 10.9. The first-order chi connectivity index (χ1) is 9.13. The molecule has 2 unspecified atom stereocenters. The van der Waals surface area contributed by atoms with E-state index in [0.717, 1.165) is 19.3 Å². The molecule has 0 heterocycles. The maximum absolute atomic E-state index is 10.9. The first-order valence-corrected chi connectivity index (χ1v) is 6.83. The average Bonchev–Trinajstić information content (AvgIpc) is 2.43. The molecule has 4 nitrogen and oxygen atoms in total. The number of rotatable bonds is 5. The largest absolute Gasteiger partial charge is 0.546 e. The Morgan fingerprint density at radius 2 is 2.25 bits per heavy atom. The summed E-state index contributed by atoms with van der Waals surface area (Å²) in [7, 11) is 0. The number of hydrogen-bond donors (Lipinski definition) is 1. The molecule has 1 aliphatic rings. The molecule has 5 heteroatoms. The number of carbonyl (C=O) groups excluding carboxylic acids is 1. The van der Waals surface area contributed by atoms with E-state index in [1.54, 1.807) is 6.92 Å². The Kier molecular flexibility index (Phi) is 6.30. The summed E-state index contributed by atoms with van der Waals surface area (Å²) in [5.41, 5.74) is 8.27. The zero-order valence-electron chi connectivity index (χ0n) is 11.6. The molecule has 1 aliphatic carbocycles. The van der Waals surface area contributed by atoms with Crippen molar-refractivity contribution < 1.29 is 14.6 Å². The monoisotopic (exact) mass is 298 g/mol. The van der Waals surface area contributed by atoms with Gasteiger partial charge in [-0.1, -0.05) is 13.0 Å². The second-order valence-corrected chi connectivity index (χ2v) is 5.11. The van der Waals surface area contributed by atoms with Crippen LogP contribution < -0.4 is 15.6 Å². The van der Waals surface area contributed by atoms with E-state index in [1.165, 1.54) is 11.1 Å². The van der Waals surface area contributed by atoms with Crippen LogP contribution in [0, 0.1) is 5.92 Å². The first kappa shape index (κ1) is 16.8. The third-order valence-corrected chi connectivity index (χ3v) is 3.75. The molecule has 0 radical (unpaired) electrons. The molecule has 2 atom stereocenters. The molecule has 0 aliphatic heterocycles. The highest BCUT2D eigenvalue weighted by atomic mass is 35.5. The van der Waals surface area contributed by atoms with Gasteiger partial charge < -0.3 is 20.4 Å². The van der Waals surface area contributed by atoms with Crippen LogP contribution in [-0.4, -0.2) is 18.6 Å². The predicted octanol–water partition coefficient (Wildman–Crippen LogP) is 1.08. The van der Waals surface area contributed by atoms with Crippen molar-refractivity contribution in [3.8, 4) is 5.75 Å². The molecule has 0 bridgehead atoms. The molecular weight excluding hydrogens is 278 g/mol. The Balaban J connectivity index is 0.00000200. The van der Waals surface area contributed by atoms with Crippen LogP contribution in [0.2, 0.25) is 0 Å². The quantitative estimate of drug-likeness (QED) is 0.882. The number of carboxylic acids is 1. The van der Waals surface area contributed by atoms with E-state index >= 15 is 0 Å². The molecule has 0 amide bonds. The van der Waals surface area contributed by atoms with Gasteiger partial charge in [-0.25, -0.2) is 0 Å². The average molecular weight is 299 g/mol. The van der Waals surface area contributed by atoms with Gasteiger partial charge in [0.05, 0.1) is 5.97 Å². The van der Waals surface area contributed by atoms with Crippen LogP contribution in [0.4, 0.5) is 0 Å². The third-order valence-electron chi connectivity index (χ3n) is 3.75. The minimum Gasteiger partial charge on any atom is -0.546 e. The maximum atomic E-state index is 10.9. The minimum absolute atomic E-state index is 0. The highest BCUT2D eigenvalue weighted by molar-refractivity contribution is 5.85. The molecule has 0 saturated heterocycles. The lowest BCUT2D eigenvalue weighted by Gasteiger charge is -2.25. The normalized spacial score (nSPS) is 18.6. The molecule has 0 saturated carbocycles. The Bertz CT molecular complexity index is 464. The van der Waals surface area contributed by atoms with Gasteiger partial charge >= 0.3 is 0 Å². The molecule has 1 aromatic carbocycles. The van der Waals surface area contributed by atoms with Crippen LogP contribution in [0.25, 0.3) is 0 Å². The number of hydrogen-bond acceptors (Lipinski definition) is 4. The van der Waals surface area contributed by atoms with Crippen molar-refractivity contribution in [2.45, 2.75) is 38.7 Å². The number of aliphatic carboxylic acids is 1. The molecule has 2 rings (SSSR count). The van der Waals surface area contributed by atoms with E-state index < -0.39 is 12.1 Å². The highest BCUT2D eigenvalue weighted by Gasteiger charge is 2.18. The summed E-state index contributed by atoms with van der Waals surface area (Å²) >= 11 is 0. The summed E-state index contributed by atoms with van der Waals surface area (Å²) in [6, 6.07) is 5.81. The minimum atomic E-state index is -1.17. The zero-order valence-corrected chi connectivity index (χ0v) is 12.4. The fourth-order valence-electron chi connectivity index (χ4n) is 2.55. The topological polar surface area (TPSA) is 75.4 Å². The van der Waals surface area contributed by atoms with Gasteiger partial charge in [0.2, 0.25) is 0 Å². The van der Waals surface area contributed by atoms with Gasteiger partial charge in [-0.05, 0) is 61.4 Å². The van der Waals surface area contributed by atoms with Gasteiger partial charge in [-0.15, -0.1) is 12.4 Å². The summed E-state index contributed by atoms with van der Waals surface area (Å²) < 4.78 is 5.47. The number of halogens is 1. The van der Waals surface area contributed by atoms with E-state index in [9.17, 15) is 9.90 Å². The van der Waals surface area contributed by atoms with Crippen LogP contribution in [0.5, 0.6) is 5.75 Å². The van der Waals surface area contributed by atoms with E-state index in [0.29, 0.717) is 24.6 Å². The molecule has 0 fully saturated rings. The summed E-state index contributed by atoms with van der Waals surface area (Å²) in [6.45, 7) is 2.46. The number of fused-ring (bicyclic) bond motifs is 1. The zero-order chi connectivity index (χ0) is 13.8. The predicted molar refractivity (Wildman–Crippen MR) is 78.0 cm³/mol. The molecule has 2 N–H and O–H groups in total. The molecule has 112 valence electrons. The van der Waals surface area contributed by atoms with Crippen LogP contribution in [0.15, 0.2) is 18.2 Å². The smallest absolute Gasteiger partial charge is 0.138 e. The standard InChI is InChI=1S/C15H21NO3.ClH/c1-2-14(15(17)18)19-13-6-5-11-4-3-10(9-16)7-12(11)8-13;/h5-6,8,10,14H,2-4,7,9,16H2,1H3,(H,17,18);1H/p-1. The van der Waals surface area contributed by atoms with Crippen molar-refractivity contribution in [1.82, 2.24) is 0 Å². The number of benzene rings is 1. The number of carbonyl (C=O) groups is 1. The second-order valence-electron chi connectivity index (χ2n) is 5.11. The Morgan fingerprint density at radius 1 is 1.50 bits per heavy atom. The first-order valence-electron chi connectivity index (χ1n) is 6.83. The number of ether oxygens (including phenoxy) is 1. The van der Waals surface area contributed by atoms with Gasteiger partial charge in [0.25, 0.3) is 0 Å². The van der Waals surface area contributed by atoms with Gasteiger partial charge in [-0.2, -0.15) is 0 Å². The highest BCUT2D eigenvalue weighted by Crippen LogP contribution is 2.28. The lowest BCUT2D eigenvalue weighted by atomic mass is 9.84. The van der Waals surface area contributed by atoms with Crippen molar-refractivity contribution in [3.63, 3.8) is 0 Å². The fourth-order valence-corrected chi connectivity index (χ4v) is 2.55. The SMILES string of the molecule is CCC(Oc1ccc2c(c1)CC(CN)CC2)C(=O)[O-].Cl. The maximum Gasteiger partial charge on any atom is 0.138 e. The Morgan fingerprint density at radius 3 is 2.85 bits per heavy atom. The summed E-state index contributed by atoms with van der Waals surface area (Å²) in [5.74, 6) is -0.0432. The van der Waals surface area contributed by atoms with Gasteiger partial charge in [0.1, 0.15) is 11.9 Å². The van der Waals surface area contributed by atoms with Crippen LogP contribution in [0.3, 0.4) is 0 Å². The van der Waals surface area contributed by atoms with Gasteiger partial charge in [-0.3, -0.25) is 0 Å². The van der Waals surface area contributed by atoms with E-state index in [4.69, 9.17) is 10.5 Å². The van der Waals surface area contributed by atoms with Crippen molar-refractivity contribution in [2.75, 3.05) is 6.54 Å². The lowest BCUT2D eigenvalue weighted by Crippen LogP contribution is -2.39. The van der Waals surface area contributed by atoms with Crippen molar-refractivity contribution in [2.24, 2.45) is 11.7 Å². The van der Waals surface area contributed by atoms with Gasteiger partial charge in [0.15, 0.2) is 0 Å². The summed E-state index contributed by atoms with van der Waals surface area (Å²) in [6.07, 6.45) is 2.62. The van der Waals surface area contributed by atoms with E-state index in [-0.39, 0.29) is 12.4 Å². The number of carboxylic acid groups (broad SMARTS) is 1. The molecule has 20 heavy (non-hydrogen) atoms. The fraction of sp³-hybridized carbons (Fsp3) is 0.533. The van der Waals surface area contributed by atoms with Gasteiger partial charge in [0, 0.05) is 0 Å². The third kappa shape index (κ3) is 3.87. The summed E-state index contributed by atoms with van der Waals surface area (Å²) in [5, 5.41) is 10.9. The molecule has 0 aromatic heterocycles. The lowest BCUT2D eigenvalue weighted by molar-refractivity contribution is -0.313. The number of nitrogens with two attached hydrogens (primary N) is 1. The number of aryl methyl sites for hydroxylation is 1. The van der Waals surface area contributed by atoms with Crippen molar-refractivity contribution in [3.05, 3.63) is 29.3 Å². The Labute approximate surface area is 125 Å². The molecule has 0 spiro atoms. The van der Waals surface area contributed by atoms with Crippen LogP contribution >= 0.6 is 12.4 Å². The van der Waals surface area contributed by atoms with Crippen molar-refractivity contribution >= 4 is 18.4 Å². The van der Waals surface area contributed by atoms with Crippen LogP contribution in [0.1, 0.15) is 30.9 Å². The second kappa shape index (κ2) is 7.50. The molecular formula is C15H21ClNO3-. The van der Waals surface area contributed by atoms with E-state index in [1.807, 2.05) is 18.2 Å².